The van der Waals surface area contributed by atoms with Gasteiger partial charge < -0.3 is 9.38 Å². The highest BCUT2D eigenvalue weighted by molar-refractivity contribution is 5.55. The van der Waals surface area contributed by atoms with Crippen molar-refractivity contribution in [3.63, 3.8) is 0 Å². The monoisotopic (exact) mass is 240 g/mol. The first-order valence-corrected chi connectivity index (χ1v) is 5.67. The number of rotatable bonds is 1. The molecular formula is C13H12N4O. The lowest BCUT2D eigenvalue weighted by molar-refractivity contribution is 1.02. The maximum Gasteiger partial charge on any atom is 0.254 e. The smallest absolute Gasteiger partial charge is 0.254 e. The maximum atomic E-state index is 11.7. The van der Waals surface area contributed by atoms with Gasteiger partial charge in [0, 0.05) is 23.7 Å². The van der Waals surface area contributed by atoms with Crippen LogP contribution in [0.25, 0.3) is 17.2 Å². The lowest BCUT2D eigenvalue weighted by atomic mass is 10.2. The number of imidazole rings is 1. The molecule has 5 heteroatoms. The Bertz CT molecular complexity index is 752. The summed E-state index contributed by atoms with van der Waals surface area (Å²) in [6.07, 6.45) is 3.76. The Labute approximate surface area is 103 Å². The molecule has 3 aromatic heterocycles. The molecular weight excluding hydrogens is 228 g/mol. The van der Waals surface area contributed by atoms with Crippen molar-refractivity contribution in [1.29, 1.82) is 0 Å². The van der Waals surface area contributed by atoms with E-state index in [-0.39, 0.29) is 5.56 Å². The molecule has 0 aliphatic carbocycles. The quantitative estimate of drug-likeness (QED) is 0.704. The van der Waals surface area contributed by atoms with E-state index in [9.17, 15) is 4.79 Å². The van der Waals surface area contributed by atoms with Crippen molar-refractivity contribution in [3.8, 4) is 11.5 Å². The molecule has 3 aromatic rings. The number of nitrogens with one attached hydrogen (secondary N) is 1. The minimum Gasteiger partial charge on any atom is -0.306 e. The second-order valence-corrected chi connectivity index (χ2v) is 4.22. The van der Waals surface area contributed by atoms with E-state index in [0.717, 1.165) is 11.3 Å². The van der Waals surface area contributed by atoms with Gasteiger partial charge in [0.25, 0.3) is 5.56 Å². The highest BCUT2D eigenvalue weighted by Gasteiger charge is 2.09. The number of H-pyrrole nitrogens is 1. The maximum absolute atomic E-state index is 11.7. The minimum absolute atomic E-state index is 0.116. The molecule has 0 bridgehead atoms. The summed E-state index contributed by atoms with van der Waals surface area (Å²) in [6, 6.07) is 5.75. The van der Waals surface area contributed by atoms with Crippen LogP contribution in [0.3, 0.4) is 0 Å². The van der Waals surface area contributed by atoms with Crippen LogP contribution < -0.4 is 5.56 Å². The Balaban J connectivity index is 2.23. The molecule has 0 radical (unpaired) electrons. The van der Waals surface area contributed by atoms with Crippen molar-refractivity contribution in [1.82, 2.24) is 19.4 Å². The van der Waals surface area contributed by atoms with Crippen LogP contribution >= 0.6 is 0 Å². The van der Waals surface area contributed by atoms with E-state index >= 15 is 0 Å². The van der Waals surface area contributed by atoms with Crippen molar-refractivity contribution in [2.45, 2.75) is 13.8 Å². The first kappa shape index (κ1) is 10.7. The van der Waals surface area contributed by atoms with Gasteiger partial charge in [-0.3, -0.25) is 4.79 Å². The van der Waals surface area contributed by atoms with E-state index in [1.54, 1.807) is 6.92 Å². The Morgan fingerprint density at radius 1 is 1.22 bits per heavy atom. The summed E-state index contributed by atoms with van der Waals surface area (Å²) in [6.45, 7) is 3.58. The zero-order valence-electron chi connectivity index (χ0n) is 10.1. The summed E-state index contributed by atoms with van der Waals surface area (Å²) in [4.78, 5) is 23.3. The van der Waals surface area contributed by atoms with Gasteiger partial charge in [-0.25, -0.2) is 9.97 Å². The second kappa shape index (κ2) is 3.80. The standard InChI is InChI=1S/C13H12N4O/c1-8-9(2)14-12(16-13(8)18)10-7-17-6-4-3-5-11(17)15-10/h3-7H,1-2H3,(H,14,16,18). The fraction of sp³-hybridized carbons (Fsp3) is 0.154. The molecule has 5 nitrogen and oxygen atoms in total. The molecule has 18 heavy (non-hydrogen) atoms. The van der Waals surface area contributed by atoms with Gasteiger partial charge in [-0.2, -0.15) is 0 Å². The summed E-state index contributed by atoms with van der Waals surface area (Å²) in [7, 11) is 0. The van der Waals surface area contributed by atoms with Gasteiger partial charge in [0.15, 0.2) is 5.82 Å². The predicted octanol–water partition coefficient (Wildman–Crippen LogP) is 1.70. The highest BCUT2D eigenvalue weighted by atomic mass is 16.1. The van der Waals surface area contributed by atoms with E-state index in [1.807, 2.05) is 41.9 Å². The van der Waals surface area contributed by atoms with E-state index < -0.39 is 0 Å². The Morgan fingerprint density at radius 2 is 2.06 bits per heavy atom. The van der Waals surface area contributed by atoms with Crippen LogP contribution in [0, 0.1) is 13.8 Å². The Hall–Kier alpha value is -2.43. The van der Waals surface area contributed by atoms with Gasteiger partial charge in [0.05, 0.1) is 0 Å². The average molecular weight is 240 g/mol. The van der Waals surface area contributed by atoms with Crippen LogP contribution in [0.2, 0.25) is 0 Å². The van der Waals surface area contributed by atoms with E-state index in [1.165, 1.54) is 0 Å². The number of nitrogens with zero attached hydrogens (tertiary/aromatic N) is 3. The fourth-order valence-corrected chi connectivity index (χ4v) is 1.82. The van der Waals surface area contributed by atoms with Gasteiger partial charge in [-0.15, -0.1) is 0 Å². The van der Waals surface area contributed by atoms with Crippen molar-refractivity contribution < 1.29 is 0 Å². The molecule has 0 aromatic carbocycles. The lowest BCUT2D eigenvalue weighted by Gasteiger charge is -2.00. The largest absolute Gasteiger partial charge is 0.306 e. The van der Waals surface area contributed by atoms with E-state index in [0.29, 0.717) is 17.1 Å². The van der Waals surface area contributed by atoms with Gasteiger partial charge in [-0.05, 0) is 26.0 Å². The minimum atomic E-state index is -0.116. The predicted molar refractivity (Wildman–Crippen MR) is 68.5 cm³/mol. The van der Waals surface area contributed by atoms with Gasteiger partial charge in [-0.1, -0.05) is 6.07 Å². The van der Waals surface area contributed by atoms with Crippen molar-refractivity contribution >= 4 is 5.65 Å². The van der Waals surface area contributed by atoms with Crippen LogP contribution in [-0.4, -0.2) is 19.4 Å². The first-order chi connectivity index (χ1) is 8.65. The summed E-state index contributed by atoms with van der Waals surface area (Å²) >= 11 is 0. The Kier molecular flexibility index (Phi) is 2.26. The molecule has 0 saturated heterocycles. The zero-order chi connectivity index (χ0) is 12.7. The van der Waals surface area contributed by atoms with Crippen LogP contribution in [0.4, 0.5) is 0 Å². The van der Waals surface area contributed by atoms with Crippen LogP contribution in [0.1, 0.15) is 11.3 Å². The number of hydrogen-bond donors (Lipinski definition) is 1. The van der Waals surface area contributed by atoms with E-state index in [4.69, 9.17) is 0 Å². The highest BCUT2D eigenvalue weighted by Crippen LogP contribution is 2.14. The number of pyridine rings is 1. The molecule has 0 atom stereocenters. The third kappa shape index (κ3) is 1.60. The number of fused-ring (bicyclic) bond motifs is 1. The molecule has 0 aliphatic heterocycles. The summed E-state index contributed by atoms with van der Waals surface area (Å²) in [5.74, 6) is 0.506. The average Bonchev–Trinajstić information content (AvgIpc) is 2.79. The van der Waals surface area contributed by atoms with Crippen molar-refractivity contribution in [2.75, 3.05) is 0 Å². The molecule has 0 fully saturated rings. The topological polar surface area (TPSA) is 63.1 Å². The molecule has 3 rings (SSSR count). The molecule has 0 amide bonds. The molecule has 0 saturated carbocycles. The molecule has 1 N–H and O–H groups in total. The molecule has 90 valence electrons. The Morgan fingerprint density at radius 3 is 2.78 bits per heavy atom. The van der Waals surface area contributed by atoms with Gasteiger partial charge in [0.1, 0.15) is 11.3 Å². The molecule has 3 heterocycles. The molecule has 0 aliphatic rings. The fourth-order valence-electron chi connectivity index (χ4n) is 1.82. The second-order valence-electron chi connectivity index (χ2n) is 4.22. The third-order valence-electron chi connectivity index (χ3n) is 3.00. The summed E-state index contributed by atoms with van der Waals surface area (Å²) in [5, 5.41) is 0. The normalized spacial score (nSPS) is 11.0. The van der Waals surface area contributed by atoms with Crippen molar-refractivity contribution in [3.05, 3.63) is 52.2 Å². The number of aryl methyl sites for hydroxylation is 1. The van der Waals surface area contributed by atoms with Crippen molar-refractivity contribution in [2.24, 2.45) is 0 Å². The van der Waals surface area contributed by atoms with E-state index in [2.05, 4.69) is 15.0 Å². The number of aromatic amines is 1. The van der Waals surface area contributed by atoms with Gasteiger partial charge in [0.2, 0.25) is 0 Å². The summed E-state index contributed by atoms with van der Waals surface area (Å²) in [5.41, 5.74) is 2.75. The van der Waals surface area contributed by atoms with Crippen LogP contribution in [-0.2, 0) is 0 Å². The lowest BCUT2D eigenvalue weighted by Crippen LogP contribution is -2.14. The van der Waals surface area contributed by atoms with Crippen LogP contribution in [0.5, 0.6) is 0 Å². The molecule has 0 spiro atoms. The van der Waals surface area contributed by atoms with Gasteiger partial charge >= 0.3 is 0 Å². The number of hydrogen-bond acceptors (Lipinski definition) is 3. The summed E-state index contributed by atoms with van der Waals surface area (Å²) < 4.78 is 1.89. The number of aromatic nitrogens is 4. The zero-order valence-corrected chi connectivity index (χ0v) is 10.1. The van der Waals surface area contributed by atoms with Crippen LogP contribution in [0.15, 0.2) is 35.4 Å². The third-order valence-corrected chi connectivity index (χ3v) is 3.00. The molecule has 0 unspecified atom stereocenters. The SMILES string of the molecule is Cc1nc(-c2cn3ccccc3n2)[nH]c(=O)c1C. The first-order valence-electron chi connectivity index (χ1n) is 5.67.